The number of likely N-dealkylation sites (N-methyl/N-ethyl adjacent to an activating group) is 1. The summed E-state index contributed by atoms with van der Waals surface area (Å²) in [5.41, 5.74) is 1.37. The first kappa shape index (κ1) is 13.2. The molecule has 0 aliphatic carbocycles. The van der Waals surface area contributed by atoms with Crippen molar-refractivity contribution in [3.8, 4) is 0 Å². The Bertz CT molecular complexity index is 601. The van der Waals surface area contributed by atoms with Crippen molar-refractivity contribution >= 4 is 11.9 Å². The molecule has 1 fully saturated rings. The van der Waals surface area contributed by atoms with Gasteiger partial charge in [-0.2, -0.15) is 0 Å². The lowest BCUT2D eigenvalue weighted by atomic mass is 10.3. The molecule has 0 bridgehead atoms. The number of nitrogens with zero attached hydrogens (tertiary/aromatic N) is 5. The van der Waals surface area contributed by atoms with E-state index in [4.69, 9.17) is 0 Å². The number of carbonyl (C=O) groups excluding carboxylic acids is 1. The Hall–Kier alpha value is -1.79. The van der Waals surface area contributed by atoms with Gasteiger partial charge < -0.3 is 9.80 Å². The molecule has 0 radical (unpaired) electrons. The van der Waals surface area contributed by atoms with Crippen LogP contribution in [0.4, 0.5) is 0 Å². The number of aromatic nitrogens is 3. The van der Waals surface area contributed by atoms with Crippen LogP contribution in [0.2, 0.25) is 0 Å². The number of hydrogen-bond acceptors (Lipinski definition) is 5. The SMILES string of the molecule is CN1CCN(CCc2nnc3cc(C=O)ccn23)CC1. The van der Waals surface area contributed by atoms with Crippen LogP contribution in [0.1, 0.15) is 16.2 Å². The third kappa shape index (κ3) is 2.71. The molecular formula is C14H19N5O. The van der Waals surface area contributed by atoms with Crippen molar-refractivity contribution < 1.29 is 4.79 Å². The lowest BCUT2D eigenvalue weighted by molar-refractivity contribution is 0.112. The van der Waals surface area contributed by atoms with E-state index >= 15 is 0 Å². The molecule has 2 aromatic heterocycles. The first-order valence-electron chi connectivity index (χ1n) is 6.96. The average Bonchev–Trinajstić information content (AvgIpc) is 2.89. The van der Waals surface area contributed by atoms with Gasteiger partial charge in [0, 0.05) is 50.9 Å². The van der Waals surface area contributed by atoms with Gasteiger partial charge in [-0.1, -0.05) is 0 Å². The van der Waals surface area contributed by atoms with Gasteiger partial charge in [0.1, 0.15) is 12.1 Å². The highest BCUT2D eigenvalue weighted by Gasteiger charge is 2.14. The summed E-state index contributed by atoms with van der Waals surface area (Å²) in [5.74, 6) is 0.955. The highest BCUT2D eigenvalue weighted by atomic mass is 16.1. The van der Waals surface area contributed by atoms with Crippen LogP contribution in [0.15, 0.2) is 18.3 Å². The molecule has 1 saturated heterocycles. The van der Waals surface area contributed by atoms with Crippen LogP contribution in [0.25, 0.3) is 5.65 Å². The van der Waals surface area contributed by atoms with Gasteiger partial charge in [0.05, 0.1) is 0 Å². The summed E-state index contributed by atoms with van der Waals surface area (Å²) in [6, 6.07) is 3.56. The lowest BCUT2D eigenvalue weighted by Crippen LogP contribution is -2.45. The van der Waals surface area contributed by atoms with Crippen LogP contribution in [0.3, 0.4) is 0 Å². The Labute approximate surface area is 118 Å². The Morgan fingerprint density at radius 2 is 2.05 bits per heavy atom. The molecule has 20 heavy (non-hydrogen) atoms. The Morgan fingerprint density at radius 1 is 1.25 bits per heavy atom. The van der Waals surface area contributed by atoms with Crippen molar-refractivity contribution in [3.63, 3.8) is 0 Å². The largest absolute Gasteiger partial charge is 0.304 e. The van der Waals surface area contributed by atoms with Crippen LogP contribution in [0, 0.1) is 0 Å². The van der Waals surface area contributed by atoms with Crippen molar-refractivity contribution in [2.24, 2.45) is 0 Å². The number of rotatable bonds is 4. The predicted molar refractivity (Wildman–Crippen MR) is 76.0 cm³/mol. The smallest absolute Gasteiger partial charge is 0.161 e. The van der Waals surface area contributed by atoms with E-state index in [1.54, 1.807) is 12.1 Å². The first-order valence-corrected chi connectivity index (χ1v) is 6.96. The highest BCUT2D eigenvalue weighted by Crippen LogP contribution is 2.08. The van der Waals surface area contributed by atoms with Crippen molar-refractivity contribution in [2.45, 2.75) is 6.42 Å². The standard InChI is InChI=1S/C14H19N5O/c1-17-6-8-18(9-7-17)4-3-13-15-16-14-10-12(11-20)2-5-19(13)14/h2,5,10-11H,3-4,6-9H2,1H3. The van der Waals surface area contributed by atoms with Gasteiger partial charge in [0.2, 0.25) is 0 Å². The molecular weight excluding hydrogens is 254 g/mol. The molecule has 6 heteroatoms. The molecule has 1 aliphatic heterocycles. The fourth-order valence-electron chi connectivity index (χ4n) is 2.53. The van der Waals surface area contributed by atoms with Crippen LogP contribution in [-0.2, 0) is 6.42 Å². The molecule has 106 valence electrons. The fraction of sp³-hybridized carbons (Fsp3) is 0.500. The van der Waals surface area contributed by atoms with Crippen molar-refractivity contribution in [1.29, 1.82) is 0 Å². The zero-order valence-electron chi connectivity index (χ0n) is 11.7. The van der Waals surface area contributed by atoms with E-state index in [0.29, 0.717) is 5.56 Å². The van der Waals surface area contributed by atoms with E-state index in [1.807, 2.05) is 10.6 Å². The van der Waals surface area contributed by atoms with Crippen LogP contribution >= 0.6 is 0 Å². The fourth-order valence-corrected chi connectivity index (χ4v) is 2.53. The summed E-state index contributed by atoms with van der Waals surface area (Å²) in [5, 5.41) is 8.36. The number of pyridine rings is 1. The molecule has 0 spiro atoms. The second-order valence-electron chi connectivity index (χ2n) is 5.32. The normalized spacial score (nSPS) is 17.6. The molecule has 0 aromatic carbocycles. The van der Waals surface area contributed by atoms with Crippen LogP contribution in [0.5, 0.6) is 0 Å². The molecule has 3 rings (SSSR count). The number of hydrogen-bond donors (Lipinski definition) is 0. The van der Waals surface area contributed by atoms with Gasteiger partial charge in [-0.05, 0) is 19.2 Å². The highest BCUT2D eigenvalue weighted by molar-refractivity contribution is 5.76. The number of carbonyl (C=O) groups is 1. The Balaban J connectivity index is 1.67. The predicted octanol–water partition coefficient (Wildman–Crippen LogP) is 0.332. The topological polar surface area (TPSA) is 53.7 Å². The number of aldehydes is 1. The van der Waals surface area contributed by atoms with Gasteiger partial charge in [-0.3, -0.25) is 9.20 Å². The average molecular weight is 273 g/mol. The molecule has 0 atom stereocenters. The van der Waals surface area contributed by atoms with E-state index in [0.717, 1.165) is 56.9 Å². The molecule has 0 saturated carbocycles. The quantitative estimate of drug-likeness (QED) is 0.752. The van der Waals surface area contributed by atoms with Crippen molar-refractivity contribution in [2.75, 3.05) is 39.8 Å². The van der Waals surface area contributed by atoms with Gasteiger partial charge in [-0.25, -0.2) is 0 Å². The zero-order valence-corrected chi connectivity index (χ0v) is 11.7. The minimum Gasteiger partial charge on any atom is -0.304 e. The maximum Gasteiger partial charge on any atom is 0.161 e. The van der Waals surface area contributed by atoms with Gasteiger partial charge in [0.15, 0.2) is 5.65 Å². The van der Waals surface area contributed by atoms with Gasteiger partial charge in [0.25, 0.3) is 0 Å². The van der Waals surface area contributed by atoms with Gasteiger partial charge in [-0.15, -0.1) is 10.2 Å². The monoisotopic (exact) mass is 273 g/mol. The summed E-state index contributed by atoms with van der Waals surface area (Å²) in [7, 11) is 2.16. The molecule has 0 unspecified atom stereocenters. The molecule has 2 aromatic rings. The van der Waals surface area contributed by atoms with Crippen LogP contribution in [-0.4, -0.2) is 70.5 Å². The third-order valence-electron chi connectivity index (χ3n) is 3.89. The minimum atomic E-state index is 0.635. The number of fused-ring (bicyclic) bond motifs is 1. The maximum absolute atomic E-state index is 10.7. The van der Waals surface area contributed by atoms with E-state index < -0.39 is 0 Å². The van der Waals surface area contributed by atoms with Crippen molar-refractivity contribution in [3.05, 3.63) is 29.7 Å². The molecule has 6 nitrogen and oxygen atoms in total. The molecule has 3 heterocycles. The zero-order chi connectivity index (χ0) is 13.9. The van der Waals surface area contributed by atoms with E-state index in [2.05, 4.69) is 27.0 Å². The minimum absolute atomic E-state index is 0.635. The Kier molecular flexibility index (Phi) is 3.75. The lowest BCUT2D eigenvalue weighted by Gasteiger charge is -2.32. The third-order valence-corrected chi connectivity index (χ3v) is 3.89. The van der Waals surface area contributed by atoms with E-state index in [-0.39, 0.29) is 0 Å². The summed E-state index contributed by atoms with van der Waals surface area (Å²) < 4.78 is 1.96. The molecule has 0 N–H and O–H groups in total. The second-order valence-corrected chi connectivity index (χ2v) is 5.32. The summed E-state index contributed by atoms with van der Waals surface area (Å²) >= 11 is 0. The van der Waals surface area contributed by atoms with Gasteiger partial charge >= 0.3 is 0 Å². The summed E-state index contributed by atoms with van der Waals surface area (Å²) in [4.78, 5) is 15.6. The summed E-state index contributed by atoms with van der Waals surface area (Å²) in [6.45, 7) is 5.49. The Morgan fingerprint density at radius 3 is 2.80 bits per heavy atom. The van der Waals surface area contributed by atoms with Crippen molar-refractivity contribution in [1.82, 2.24) is 24.4 Å². The maximum atomic E-state index is 10.7. The van der Waals surface area contributed by atoms with E-state index in [1.165, 1.54) is 0 Å². The molecule has 1 aliphatic rings. The van der Waals surface area contributed by atoms with E-state index in [9.17, 15) is 4.79 Å². The van der Waals surface area contributed by atoms with Crippen LogP contribution < -0.4 is 0 Å². The molecule has 0 amide bonds. The number of piperazine rings is 1. The second kappa shape index (κ2) is 5.68. The first-order chi connectivity index (χ1) is 9.76. The summed E-state index contributed by atoms with van der Waals surface area (Å²) in [6.07, 6.45) is 3.59.